The lowest BCUT2D eigenvalue weighted by Gasteiger charge is -2.19. The Hall–Kier alpha value is -2.49. The Kier molecular flexibility index (Phi) is 5.64. The number of nitrogens with two attached hydrogens (primary N) is 1. The maximum atomic E-state index is 6.30. The van der Waals surface area contributed by atoms with Crippen molar-refractivity contribution < 1.29 is 14.0 Å². The first-order chi connectivity index (χ1) is 15.1. The smallest absolute Gasteiger partial charge is 0.294 e. The molecule has 2 aromatic heterocycles. The minimum Gasteiger partial charge on any atom is -0.486 e. The van der Waals surface area contributed by atoms with Crippen LogP contribution in [0.5, 0.6) is 11.5 Å². The van der Waals surface area contributed by atoms with Gasteiger partial charge in [-0.3, -0.25) is 0 Å². The van der Waals surface area contributed by atoms with E-state index in [0.717, 1.165) is 43.5 Å². The van der Waals surface area contributed by atoms with Crippen LogP contribution in [-0.4, -0.2) is 28.2 Å². The third-order valence-corrected chi connectivity index (χ3v) is 7.14. The SMILES string of the molecule is Nc1nc[n+](CCc2ccccc2Cl)c2nc(Sc3cc4c(cc3Br)OCCO4)[nH]c12. The molecule has 4 aromatic rings. The van der Waals surface area contributed by atoms with Crippen LogP contribution in [0.3, 0.4) is 0 Å². The highest BCUT2D eigenvalue weighted by molar-refractivity contribution is 9.10. The maximum Gasteiger partial charge on any atom is 0.294 e. The van der Waals surface area contributed by atoms with Crippen molar-refractivity contribution in [3.63, 3.8) is 0 Å². The standard InChI is InChI=1S/C21H17BrClN5O2S/c22-13-9-15-16(30-8-7-29-15)10-17(13)31-21-26-18-19(24)25-11-28(20(18)27-21)6-5-12-3-1-2-4-14(12)23/h1-4,9-11H,5-8H2,(H2,24,26,27)/p+1. The molecule has 31 heavy (non-hydrogen) atoms. The van der Waals surface area contributed by atoms with Crippen molar-refractivity contribution in [3.05, 3.63) is 57.8 Å². The molecule has 0 unspecified atom stereocenters. The number of nitrogens with zero attached hydrogens (tertiary/aromatic N) is 3. The van der Waals surface area contributed by atoms with Gasteiger partial charge >= 0.3 is 0 Å². The van der Waals surface area contributed by atoms with E-state index in [9.17, 15) is 0 Å². The van der Waals surface area contributed by atoms with Gasteiger partial charge in [0.05, 0.1) is 6.54 Å². The fourth-order valence-electron chi connectivity index (χ4n) is 3.36. The number of aromatic amines is 1. The van der Waals surface area contributed by atoms with Gasteiger partial charge in [-0.25, -0.2) is 4.57 Å². The quantitative estimate of drug-likeness (QED) is 0.380. The summed E-state index contributed by atoms with van der Waals surface area (Å²) >= 11 is 11.4. The van der Waals surface area contributed by atoms with Gasteiger partial charge < -0.3 is 20.2 Å². The van der Waals surface area contributed by atoms with Crippen molar-refractivity contribution in [1.29, 1.82) is 0 Å². The summed E-state index contributed by atoms with van der Waals surface area (Å²) in [4.78, 5) is 13.4. The van der Waals surface area contributed by atoms with Crippen molar-refractivity contribution in [3.8, 4) is 11.5 Å². The number of hydrogen-bond acceptors (Lipinski definition) is 6. The maximum absolute atomic E-state index is 6.30. The normalized spacial score (nSPS) is 13.0. The zero-order chi connectivity index (χ0) is 21.4. The summed E-state index contributed by atoms with van der Waals surface area (Å²) in [5, 5.41) is 1.46. The number of nitrogens with one attached hydrogen (secondary N) is 1. The van der Waals surface area contributed by atoms with Crippen molar-refractivity contribution in [2.45, 2.75) is 23.0 Å². The van der Waals surface area contributed by atoms with Crippen LogP contribution in [0.4, 0.5) is 5.82 Å². The number of rotatable bonds is 5. The molecule has 10 heteroatoms. The number of halogens is 2. The van der Waals surface area contributed by atoms with Crippen LogP contribution in [-0.2, 0) is 13.0 Å². The third kappa shape index (κ3) is 4.17. The van der Waals surface area contributed by atoms with Crippen LogP contribution in [0.15, 0.2) is 57.3 Å². The molecular formula is C21H18BrClN5O2S+. The monoisotopic (exact) mass is 518 g/mol. The molecule has 0 atom stereocenters. The number of imidazole rings is 1. The molecule has 7 nitrogen and oxygen atoms in total. The van der Waals surface area contributed by atoms with E-state index in [2.05, 4.69) is 25.9 Å². The van der Waals surface area contributed by atoms with Gasteiger partial charge in [-0.05, 0) is 51.5 Å². The third-order valence-electron chi connectivity index (χ3n) is 4.91. The van der Waals surface area contributed by atoms with Crippen LogP contribution in [0.25, 0.3) is 11.2 Å². The molecular weight excluding hydrogens is 502 g/mol. The van der Waals surface area contributed by atoms with E-state index < -0.39 is 0 Å². The number of H-pyrrole nitrogens is 1. The second-order valence-electron chi connectivity index (χ2n) is 6.93. The minimum absolute atomic E-state index is 0.407. The van der Waals surface area contributed by atoms with Gasteiger partial charge in [0.2, 0.25) is 17.3 Å². The average molecular weight is 520 g/mol. The number of nitrogen functional groups attached to an aromatic ring is 1. The Morgan fingerprint density at radius 2 is 1.97 bits per heavy atom. The topological polar surface area (TPSA) is 89.9 Å². The molecule has 0 bridgehead atoms. The number of aryl methyl sites for hydroxylation is 2. The Balaban J connectivity index is 1.44. The fourth-order valence-corrected chi connectivity index (χ4v) is 4.97. The van der Waals surface area contributed by atoms with Crippen molar-refractivity contribution in [2.24, 2.45) is 0 Å². The lowest BCUT2D eigenvalue weighted by atomic mass is 10.1. The van der Waals surface area contributed by atoms with E-state index in [1.54, 1.807) is 6.33 Å². The molecule has 0 saturated carbocycles. The molecule has 5 rings (SSSR count). The van der Waals surface area contributed by atoms with Crippen LogP contribution < -0.4 is 19.8 Å². The first-order valence-electron chi connectivity index (χ1n) is 9.62. The second kappa shape index (κ2) is 8.57. The average Bonchev–Trinajstić information content (AvgIpc) is 3.20. The molecule has 0 aliphatic carbocycles. The first-order valence-corrected chi connectivity index (χ1v) is 11.6. The molecule has 0 amide bonds. The summed E-state index contributed by atoms with van der Waals surface area (Å²) in [7, 11) is 0. The molecule has 0 saturated heterocycles. The van der Waals surface area contributed by atoms with Crippen LogP contribution in [0, 0.1) is 0 Å². The summed E-state index contributed by atoms with van der Waals surface area (Å²) in [6, 6.07) is 11.7. The minimum atomic E-state index is 0.407. The van der Waals surface area contributed by atoms with Crippen molar-refractivity contribution >= 4 is 56.3 Å². The number of anilines is 1. The lowest BCUT2D eigenvalue weighted by Crippen LogP contribution is -2.36. The zero-order valence-corrected chi connectivity index (χ0v) is 19.4. The number of ether oxygens (including phenoxy) is 2. The molecule has 0 fully saturated rings. The molecule has 3 N–H and O–H groups in total. The highest BCUT2D eigenvalue weighted by Gasteiger charge is 2.21. The van der Waals surface area contributed by atoms with Gasteiger partial charge in [0.25, 0.3) is 5.65 Å². The summed E-state index contributed by atoms with van der Waals surface area (Å²) in [5.41, 5.74) is 8.64. The molecule has 2 aromatic carbocycles. The van der Waals surface area contributed by atoms with E-state index in [4.69, 9.17) is 31.8 Å². The Morgan fingerprint density at radius 3 is 2.77 bits per heavy atom. The molecule has 1 aliphatic rings. The number of hydrogen-bond donors (Lipinski definition) is 2. The fraction of sp³-hybridized carbons (Fsp3) is 0.190. The highest BCUT2D eigenvalue weighted by Crippen LogP contribution is 2.41. The predicted octanol–water partition coefficient (Wildman–Crippen LogP) is 4.41. The highest BCUT2D eigenvalue weighted by atomic mass is 79.9. The Morgan fingerprint density at radius 1 is 1.19 bits per heavy atom. The summed E-state index contributed by atoms with van der Waals surface area (Å²) < 4.78 is 14.2. The number of benzene rings is 2. The Labute approximate surface area is 196 Å². The van der Waals surface area contributed by atoms with E-state index in [1.807, 2.05) is 41.0 Å². The van der Waals surface area contributed by atoms with Crippen LogP contribution in [0.2, 0.25) is 5.02 Å². The largest absolute Gasteiger partial charge is 0.486 e. The molecule has 0 spiro atoms. The first kappa shape index (κ1) is 20.4. The molecule has 3 heterocycles. The predicted molar refractivity (Wildman–Crippen MR) is 123 cm³/mol. The zero-order valence-electron chi connectivity index (χ0n) is 16.3. The van der Waals surface area contributed by atoms with Crippen molar-refractivity contribution in [1.82, 2.24) is 15.0 Å². The van der Waals surface area contributed by atoms with Crippen LogP contribution >= 0.6 is 39.3 Å². The van der Waals surface area contributed by atoms with Gasteiger partial charge in [-0.15, -0.1) is 0 Å². The van der Waals surface area contributed by atoms with Gasteiger partial charge in [0, 0.05) is 20.8 Å². The lowest BCUT2D eigenvalue weighted by molar-refractivity contribution is -0.675. The molecule has 0 radical (unpaired) electrons. The van der Waals surface area contributed by atoms with E-state index in [-0.39, 0.29) is 0 Å². The van der Waals surface area contributed by atoms with Crippen LogP contribution in [0.1, 0.15) is 5.56 Å². The van der Waals surface area contributed by atoms with E-state index in [1.165, 1.54) is 11.8 Å². The summed E-state index contributed by atoms with van der Waals surface area (Å²) in [6.07, 6.45) is 2.47. The molecule has 158 valence electrons. The van der Waals surface area contributed by atoms with E-state index in [0.29, 0.717) is 36.2 Å². The second-order valence-corrected chi connectivity index (χ2v) is 9.23. The van der Waals surface area contributed by atoms with Crippen molar-refractivity contribution in [2.75, 3.05) is 18.9 Å². The summed E-state index contributed by atoms with van der Waals surface area (Å²) in [6.45, 7) is 1.77. The number of aromatic nitrogens is 4. The van der Waals surface area contributed by atoms with Gasteiger partial charge in [0.1, 0.15) is 13.2 Å². The van der Waals surface area contributed by atoms with E-state index >= 15 is 0 Å². The number of fused-ring (bicyclic) bond motifs is 2. The Bertz CT molecular complexity index is 1280. The van der Waals surface area contributed by atoms with Gasteiger partial charge in [0.15, 0.2) is 17.0 Å². The van der Waals surface area contributed by atoms with Gasteiger partial charge in [-0.1, -0.05) is 39.8 Å². The van der Waals surface area contributed by atoms with Gasteiger partial charge in [-0.2, -0.15) is 0 Å². The molecule has 1 aliphatic heterocycles. The summed E-state index contributed by atoms with van der Waals surface area (Å²) in [5.74, 6) is 1.87.